The zero-order valence-corrected chi connectivity index (χ0v) is 17.0. The number of hydrogen-bond acceptors (Lipinski definition) is 5. The van der Waals surface area contributed by atoms with E-state index in [0.29, 0.717) is 17.1 Å². The first-order valence-corrected chi connectivity index (χ1v) is 10.7. The van der Waals surface area contributed by atoms with Crippen LogP contribution in [0.15, 0.2) is 65.6 Å². The van der Waals surface area contributed by atoms with Gasteiger partial charge in [0.05, 0.1) is 0 Å². The first kappa shape index (κ1) is 20.8. The van der Waals surface area contributed by atoms with E-state index in [4.69, 9.17) is 9.47 Å². The molecule has 152 valence electrons. The molecule has 1 unspecified atom stereocenters. The SMILES string of the molecule is CCC(C)c1ccc(OCC(=O)Oc2ccc(S(=O)(=O)O)c3ccccc23)cc1. The minimum absolute atomic E-state index is 0.189. The Morgan fingerprint density at radius 3 is 2.28 bits per heavy atom. The van der Waals surface area contributed by atoms with Crippen LogP contribution in [0.2, 0.25) is 0 Å². The molecule has 0 aliphatic carbocycles. The summed E-state index contributed by atoms with van der Waals surface area (Å²) in [7, 11) is -4.40. The molecule has 1 N–H and O–H groups in total. The number of carbonyl (C=O) groups is 1. The molecule has 0 heterocycles. The van der Waals surface area contributed by atoms with Gasteiger partial charge in [-0.25, -0.2) is 4.79 Å². The number of fused-ring (bicyclic) bond motifs is 1. The van der Waals surface area contributed by atoms with Crippen LogP contribution in [-0.4, -0.2) is 25.5 Å². The zero-order valence-electron chi connectivity index (χ0n) is 16.2. The summed E-state index contributed by atoms with van der Waals surface area (Å²) in [4.78, 5) is 12.0. The molecule has 0 saturated carbocycles. The number of ether oxygens (including phenoxy) is 2. The predicted octanol–water partition coefficient (Wildman–Crippen LogP) is 4.58. The van der Waals surface area contributed by atoms with Gasteiger partial charge in [-0.2, -0.15) is 8.42 Å². The first-order chi connectivity index (χ1) is 13.8. The Balaban J connectivity index is 1.72. The van der Waals surface area contributed by atoms with Crippen molar-refractivity contribution in [3.63, 3.8) is 0 Å². The fourth-order valence-electron chi connectivity index (χ4n) is 2.98. The third kappa shape index (κ3) is 4.93. The van der Waals surface area contributed by atoms with E-state index < -0.39 is 16.1 Å². The molecule has 0 bridgehead atoms. The van der Waals surface area contributed by atoms with Gasteiger partial charge in [-0.15, -0.1) is 0 Å². The number of carbonyl (C=O) groups excluding carboxylic acids is 1. The fraction of sp³-hybridized carbons (Fsp3) is 0.227. The van der Waals surface area contributed by atoms with Gasteiger partial charge < -0.3 is 9.47 Å². The molecule has 0 aliphatic heterocycles. The molecular weight excluding hydrogens is 392 g/mol. The second-order valence-electron chi connectivity index (χ2n) is 6.72. The van der Waals surface area contributed by atoms with Crippen molar-refractivity contribution in [3.8, 4) is 11.5 Å². The summed E-state index contributed by atoms with van der Waals surface area (Å²) in [5.74, 6) is 0.572. The van der Waals surface area contributed by atoms with Crippen LogP contribution in [0.3, 0.4) is 0 Å². The summed E-state index contributed by atoms with van der Waals surface area (Å²) in [6.07, 6.45) is 1.04. The van der Waals surface area contributed by atoms with Gasteiger partial charge in [-0.1, -0.05) is 50.2 Å². The van der Waals surface area contributed by atoms with Crippen LogP contribution in [0.25, 0.3) is 10.8 Å². The maximum Gasteiger partial charge on any atom is 0.349 e. The Kier molecular flexibility index (Phi) is 6.20. The van der Waals surface area contributed by atoms with Crippen molar-refractivity contribution in [2.24, 2.45) is 0 Å². The van der Waals surface area contributed by atoms with Crippen molar-refractivity contribution in [1.82, 2.24) is 0 Å². The van der Waals surface area contributed by atoms with Crippen LogP contribution in [0.1, 0.15) is 31.7 Å². The van der Waals surface area contributed by atoms with Gasteiger partial charge in [-0.3, -0.25) is 4.55 Å². The van der Waals surface area contributed by atoms with Gasteiger partial charge in [-0.05, 0) is 42.2 Å². The molecular formula is C22H22O6S. The predicted molar refractivity (Wildman–Crippen MR) is 110 cm³/mol. The van der Waals surface area contributed by atoms with Crippen LogP contribution < -0.4 is 9.47 Å². The van der Waals surface area contributed by atoms with E-state index in [1.165, 1.54) is 23.8 Å². The highest BCUT2D eigenvalue weighted by atomic mass is 32.2. The summed E-state index contributed by atoms with van der Waals surface area (Å²) in [5.41, 5.74) is 1.20. The third-order valence-corrected chi connectivity index (χ3v) is 5.68. The Morgan fingerprint density at radius 2 is 1.66 bits per heavy atom. The van der Waals surface area contributed by atoms with Crippen molar-refractivity contribution in [2.75, 3.05) is 6.61 Å². The molecule has 6 nitrogen and oxygen atoms in total. The molecule has 3 aromatic carbocycles. The Hall–Kier alpha value is -2.90. The largest absolute Gasteiger partial charge is 0.482 e. The average molecular weight is 414 g/mol. The summed E-state index contributed by atoms with van der Waals surface area (Å²) in [6.45, 7) is 3.97. The van der Waals surface area contributed by atoms with Gasteiger partial charge in [0.2, 0.25) is 0 Å². The van der Waals surface area contributed by atoms with E-state index in [9.17, 15) is 17.8 Å². The van der Waals surface area contributed by atoms with Crippen LogP contribution in [0.5, 0.6) is 11.5 Å². The smallest absolute Gasteiger partial charge is 0.349 e. The topological polar surface area (TPSA) is 89.9 Å². The van der Waals surface area contributed by atoms with Crippen molar-refractivity contribution in [1.29, 1.82) is 0 Å². The van der Waals surface area contributed by atoms with E-state index in [0.717, 1.165) is 6.42 Å². The summed E-state index contributed by atoms with van der Waals surface area (Å²) in [5, 5.41) is 0.663. The molecule has 3 aromatic rings. The fourth-order valence-corrected chi connectivity index (χ4v) is 3.68. The number of rotatable bonds is 7. The Morgan fingerprint density at radius 1 is 1.00 bits per heavy atom. The standard InChI is InChI=1S/C22H22O6S/c1-3-15(2)16-8-10-17(11-9-16)27-14-22(23)28-20-12-13-21(29(24,25)26)19-7-5-4-6-18(19)20/h4-13,15H,3,14H2,1-2H3,(H,24,25,26). The molecule has 29 heavy (non-hydrogen) atoms. The third-order valence-electron chi connectivity index (χ3n) is 4.76. The van der Waals surface area contributed by atoms with Crippen molar-refractivity contribution < 1.29 is 27.2 Å². The maximum absolute atomic E-state index is 12.2. The van der Waals surface area contributed by atoms with E-state index in [1.54, 1.807) is 18.2 Å². The van der Waals surface area contributed by atoms with Crippen LogP contribution in [0, 0.1) is 0 Å². The quantitative estimate of drug-likeness (QED) is 0.346. The minimum atomic E-state index is -4.40. The van der Waals surface area contributed by atoms with Crippen LogP contribution >= 0.6 is 0 Å². The van der Waals surface area contributed by atoms with E-state index in [1.807, 2.05) is 24.3 Å². The highest BCUT2D eigenvalue weighted by Gasteiger charge is 2.17. The van der Waals surface area contributed by atoms with Crippen molar-refractivity contribution >= 4 is 26.9 Å². The van der Waals surface area contributed by atoms with E-state index >= 15 is 0 Å². The summed E-state index contributed by atoms with van der Waals surface area (Å²) < 4.78 is 43.3. The Labute approximate surface area is 169 Å². The lowest BCUT2D eigenvalue weighted by molar-refractivity contribution is -0.136. The van der Waals surface area contributed by atoms with Crippen LogP contribution in [0.4, 0.5) is 0 Å². The zero-order chi connectivity index (χ0) is 21.0. The molecule has 7 heteroatoms. The second-order valence-corrected chi connectivity index (χ2v) is 8.11. The van der Waals surface area contributed by atoms with Gasteiger partial charge in [0.15, 0.2) is 6.61 Å². The summed E-state index contributed by atoms with van der Waals surface area (Å²) >= 11 is 0. The molecule has 0 radical (unpaired) electrons. The van der Waals surface area contributed by atoms with Gasteiger partial charge >= 0.3 is 5.97 Å². The summed E-state index contributed by atoms with van der Waals surface area (Å²) in [6, 6.07) is 16.6. The van der Waals surface area contributed by atoms with Gasteiger partial charge in [0.1, 0.15) is 16.4 Å². The normalized spacial score (nSPS) is 12.5. The Bertz CT molecular complexity index is 1120. The lowest BCUT2D eigenvalue weighted by Crippen LogP contribution is -2.18. The maximum atomic E-state index is 12.2. The van der Waals surface area contributed by atoms with Gasteiger partial charge in [0, 0.05) is 10.8 Å². The number of benzene rings is 3. The molecule has 0 saturated heterocycles. The van der Waals surface area contributed by atoms with E-state index in [-0.39, 0.29) is 22.6 Å². The highest BCUT2D eigenvalue weighted by Crippen LogP contribution is 2.31. The van der Waals surface area contributed by atoms with E-state index in [2.05, 4.69) is 13.8 Å². The monoisotopic (exact) mass is 414 g/mol. The molecule has 3 rings (SSSR count). The lowest BCUT2D eigenvalue weighted by atomic mass is 9.99. The molecule has 0 aliphatic rings. The first-order valence-electron chi connectivity index (χ1n) is 9.22. The minimum Gasteiger partial charge on any atom is -0.482 e. The number of hydrogen-bond donors (Lipinski definition) is 1. The van der Waals surface area contributed by atoms with Crippen molar-refractivity contribution in [3.05, 3.63) is 66.2 Å². The van der Waals surface area contributed by atoms with Crippen LogP contribution in [-0.2, 0) is 14.9 Å². The molecule has 0 fully saturated rings. The molecule has 0 aromatic heterocycles. The average Bonchev–Trinajstić information content (AvgIpc) is 2.71. The molecule has 1 atom stereocenters. The molecule has 0 amide bonds. The lowest BCUT2D eigenvalue weighted by Gasteiger charge is -2.12. The second kappa shape index (κ2) is 8.63. The molecule has 0 spiro atoms. The van der Waals surface area contributed by atoms with Gasteiger partial charge in [0.25, 0.3) is 10.1 Å². The number of esters is 1. The van der Waals surface area contributed by atoms with Crippen molar-refractivity contribution in [2.45, 2.75) is 31.1 Å². The highest BCUT2D eigenvalue weighted by molar-refractivity contribution is 7.86.